The lowest BCUT2D eigenvalue weighted by molar-refractivity contribution is 0.0519. The smallest absolute Gasteiger partial charge is 0.356 e. The van der Waals surface area contributed by atoms with Crippen LogP contribution in [0.1, 0.15) is 23.1 Å². The van der Waals surface area contributed by atoms with Crippen LogP contribution in [0.5, 0.6) is 0 Å². The first-order valence-corrected chi connectivity index (χ1v) is 6.96. The average molecular weight is 311 g/mol. The summed E-state index contributed by atoms with van der Waals surface area (Å²) in [6.45, 7) is 1.86. The molecule has 0 aliphatic rings. The van der Waals surface area contributed by atoms with Crippen molar-refractivity contribution in [2.75, 3.05) is 12.3 Å². The van der Waals surface area contributed by atoms with Gasteiger partial charge in [0.05, 0.1) is 12.3 Å². The summed E-state index contributed by atoms with van der Waals surface area (Å²) in [5.41, 5.74) is 4.99. The van der Waals surface area contributed by atoms with Crippen molar-refractivity contribution in [3.8, 4) is 0 Å². The SMILES string of the molecule is CCOC(=O)c1[nH]c(=O)[nH]c1CSc1nc(N)cc(=O)[nH]1. The van der Waals surface area contributed by atoms with Crippen molar-refractivity contribution in [1.29, 1.82) is 0 Å². The number of nitrogens with one attached hydrogen (secondary N) is 3. The molecular formula is C11H13N5O4S. The van der Waals surface area contributed by atoms with Crippen LogP contribution in [0.3, 0.4) is 0 Å². The molecule has 0 aliphatic carbocycles. The van der Waals surface area contributed by atoms with Gasteiger partial charge in [-0.15, -0.1) is 0 Å². The first-order chi connectivity index (χ1) is 9.99. The molecule has 0 bridgehead atoms. The van der Waals surface area contributed by atoms with Crippen molar-refractivity contribution in [2.45, 2.75) is 17.8 Å². The highest BCUT2D eigenvalue weighted by Crippen LogP contribution is 2.19. The van der Waals surface area contributed by atoms with Gasteiger partial charge in [0.1, 0.15) is 11.5 Å². The molecule has 2 heterocycles. The molecule has 0 atom stereocenters. The Morgan fingerprint density at radius 1 is 1.38 bits per heavy atom. The predicted molar refractivity (Wildman–Crippen MR) is 76.2 cm³/mol. The maximum atomic E-state index is 11.7. The molecule has 0 spiro atoms. The molecule has 0 fully saturated rings. The first kappa shape index (κ1) is 14.9. The van der Waals surface area contributed by atoms with Gasteiger partial charge in [-0.3, -0.25) is 9.78 Å². The number of nitrogen functional groups attached to an aromatic ring is 1. The average Bonchev–Trinajstić information content (AvgIpc) is 2.77. The number of aromatic amines is 3. The minimum atomic E-state index is -0.625. The number of nitrogens with two attached hydrogens (primary N) is 1. The van der Waals surface area contributed by atoms with Gasteiger partial charge in [-0.2, -0.15) is 0 Å². The summed E-state index contributed by atoms with van der Waals surface area (Å²) in [5, 5.41) is 0.289. The monoisotopic (exact) mass is 311 g/mol. The van der Waals surface area contributed by atoms with Crippen molar-refractivity contribution in [3.63, 3.8) is 0 Å². The Kier molecular flexibility index (Phi) is 4.48. The first-order valence-electron chi connectivity index (χ1n) is 5.97. The van der Waals surface area contributed by atoms with E-state index in [1.165, 1.54) is 0 Å². The van der Waals surface area contributed by atoms with Crippen LogP contribution < -0.4 is 17.0 Å². The van der Waals surface area contributed by atoms with E-state index in [4.69, 9.17) is 10.5 Å². The van der Waals surface area contributed by atoms with Crippen LogP contribution in [0.25, 0.3) is 0 Å². The minimum absolute atomic E-state index is 0.0561. The summed E-state index contributed by atoms with van der Waals surface area (Å²) in [5.74, 6) is -0.325. The summed E-state index contributed by atoms with van der Waals surface area (Å²) in [7, 11) is 0. The third-order valence-electron chi connectivity index (χ3n) is 2.38. The lowest BCUT2D eigenvalue weighted by Gasteiger charge is -2.03. The molecule has 2 aromatic rings. The second-order valence-electron chi connectivity index (χ2n) is 3.92. The number of H-pyrrole nitrogens is 3. The number of thioether (sulfide) groups is 1. The summed E-state index contributed by atoms with van der Waals surface area (Å²) in [6, 6.07) is 1.16. The maximum Gasteiger partial charge on any atom is 0.356 e. The van der Waals surface area contributed by atoms with Crippen molar-refractivity contribution in [2.24, 2.45) is 0 Å². The zero-order valence-corrected chi connectivity index (χ0v) is 11.9. The molecule has 5 N–H and O–H groups in total. The summed E-state index contributed by atoms with van der Waals surface area (Å²) in [4.78, 5) is 45.6. The van der Waals surface area contributed by atoms with Gasteiger partial charge in [-0.05, 0) is 6.92 Å². The van der Waals surface area contributed by atoms with Crippen LogP contribution in [0.2, 0.25) is 0 Å². The summed E-state index contributed by atoms with van der Waals surface area (Å²) < 4.78 is 4.84. The number of hydrogen-bond donors (Lipinski definition) is 4. The van der Waals surface area contributed by atoms with Crippen molar-refractivity contribution in [3.05, 3.63) is 38.3 Å². The van der Waals surface area contributed by atoms with Crippen LogP contribution >= 0.6 is 11.8 Å². The highest BCUT2D eigenvalue weighted by Gasteiger charge is 2.17. The molecule has 21 heavy (non-hydrogen) atoms. The normalized spacial score (nSPS) is 10.5. The fraction of sp³-hybridized carbons (Fsp3) is 0.273. The molecule has 0 aliphatic heterocycles. The molecule has 2 rings (SSSR count). The fourth-order valence-corrected chi connectivity index (χ4v) is 2.41. The molecule has 0 amide bonds. The number of anilines is 1. The Morgan fingerprint density at radius 2 is 2.14 bits per heavy atom. The van der Waals surface area contributed by atoms with Gasteiger partial charge in [0, 0.05) is 11.8 Å². The Morgan fingerprint density at radius 3 is 2.81 bits per heavy atom. The van der Waals surface area contributed by atoms with Gasteiger partial charge in [0.2, 0.25) is 0 Å². The number of ether oxygens (including phenoxy) is 1. The Labute approximate surface area is 122 Å². The van der Waals surface area contributed by atoms with Gasteiger partial charge >= 0.3 is 11.7 Å². The molecule has 0 saturated heterocycles. The molecule has 112 valence electrons. The van der Waals surface area contributed by atoms with Gasteiger partial charge in [0.15, 0.2) is 5.16 Å². The molecule has 0 unspecified atom stereocenters. The summed E-state index contributed by atoms with van der Waals surface area (Å²) >= 11 is 1.12. The van der Waals surface area contributed by atoms with Gasteiger partial charge in [0.25, 0.3) is 5.56 Å². The van der Waals surface area contributed by atoms with Gasteiger partial charge in [-0.1, -0.05) is 11.8 Å². The van der Waals surface area contributed by atoms with E-state index in [2.05, 4.69) is 19.9 Å². The third kappa shape index (κ3) is 3.75. The van der Waals surface area contributed by atoms with Gasteiger partial charge in [-0.25, -0.2) is 14.6 Å². The lowest BCUT2D eigenvalue weighted by atomic mass is 10.3. The molecule has 10 heteroatoms. The number of carbonyl (C=O) groups excluding carboxylic acids is 1. The standard InChI is InChI=1S/C11H13N5O4S/c1-2-20-9(18)8-5(13-10(19)16-8)4-21-11-14-6(12)3-7(17)15-11/h3H,2,4H2,1H3,(H2,13,16,19)(H3,12,14,15,17). The van der Waals surface area contributed by atoms with Gasteiger partial charge < -0.3 is 20.4 Å². The molecule has 0 radical (unpaired) electrons. The van der Waals surface area contributed by atoms with Crippen LogP contribution in [0.4, 0.5) is 5.82 Å². The van der Waals surface area contributed by atoms with E-state index in [9.17, 15) is 14.4 Å². The number of rotatable bonds is 5. The largest absolute Gasteiger partial charge is 0.461 e. The topological polar surface area (TPSA) is 147 Å². The van der Waals surface area contributed by atoms with E-state index in [-0.39, 0.29) is 34.6 Å². The van der Waals surface area contributed by atoms with Crippen LogP contribution in [-0.2, 0) is 10.5 Å². The van der Waals surface area contributed by atoms with E-state index in [0.717, 1.165) is 17.8 Å². The molecule has 2 aromatic heterocycles. The van der Waals surface area contributed by atoms with Crippen molar-refractivity contribution < 1.29 is 9.53 Å². The quantitative estimate of drug-likeness (QED) is 0.340. The van der Waals surface area contributed by atoms with E-state index < -0.39 is 11.7 Å². The number of aromatic nitrogens is 4. The fourth-order valence-electron chi connectivity index (χ4n) is 1.57. The number of nitrogens with zero attached hydrogens (tertiary/aromatic N) is 1. The lowest BCUT2D eigenvalue weighted by Crippen LogP contribution is -2.10. The van der Waals surface area contributed by atoms with Crippen molar-refractivity contribution in [1.82, 2.24) is 19.9 Å². The van der Waals surface area contributed by atoms with Crippen LogP contribution in [-0.4, -0.2) is 32.5 Å². The molecule has 0 aromatic carbocycles. The number of hydrogen-bond acceptors (Lipinski definition) is 7. The second kappa shape index (κ2) is 6.31. The van der Waals surface area contributed by atoms with E-state index in [0.29, 0.717) is 5.69 Å². The van der Waals surface area contributed by atoms with E-state index in [1.54, 1.807) is 6.92 Å². The number of carbonyl (C=O) groups is 1. The Balaban J connectivity index is 2.18. The van der Waals surface area contributed by atoms with Crippen LogP contribution in [0, 0.1) is 0 Å². The second-order valence-corrected chi connectivity index (χ2v) is 4.88. The predicted octanol–water partition coefficient (Wildman–Crippen LogP) is -0.163. The Bertz CT molecular complexity index is 762. The molecule has 9 nitrogen and oxygen atoms in total. The van der Waals surface area contributed by atoms with E-state index >= 15 is 0 Å². The number of imidazole rings is 1. The highest BCUT2D eigenvalue weighted by molar-refractivity contribution is 7.98. The summed E-state index contributed by atoms with van der Waals surface area (Å²) in [6.07, 6.45) is 0. The van der Waals surface area contributed by atoms with E-state index in [1.807, 2.05) is 0 Å². The zero-order valence-electron chi connectivity index (χ0n) is 11.1. The van der Waals surface area contributed by atoms with Crippen LogP contribution in [0.15, 0.2) is 20.8 Å². The minimum Gasteiger partial charge on any atom is -0.461 e. The number of esters is 1. The highest BCUT2D eigenvalue weighted by atomic mass is 32.2. The third-order valence-corrected chi connectivity index (χ3v) is 3.28. The molecule has 0 saturated carbocycles. The maximum absolute atomic E-state index is 11.7. The molecular weight excluding hydrogens is 298 g/mol. The Hall–Kier alpha value is -2.49. The van der Waals surface area contributed by atoms with Crippen molar-refractivity contribution >= 4 is 23.5 Å². The zero-order chi connectivity index (χ0) is 15.4.